The molecule has 158 valence electrons. The molecule has 0 radical (unpaired) electrons. The maximum absolute atomic E-state index is 12.6. The van der Waals surface area contributed by atoms with Gasteiger partial charge in [0.05, 0.1) is 5.75 Å². The summed E-state index contributed by atoms with van der Waals surface area (Å²) in [5.41, 5.74) is 4.99. The van der Waals surface area contributed by atoms with E-state index in [2.05, 4.69) is 39.2 Å². The van der Waals surface area contributed by atoms with Crippen LogP contribution >= 0.6 is 23.1 Å². The van der Waals surface area contributed by atoms with Gasteiger partial charge in [0.1, 0.15) is 16.1 Å². The Morgan fingerprint density at radius 3 is 2.50 bits per heavy atom. The van der Waals surface area contributed by atoms with Gasteiger partial charge in [-0.25, -0.2) is 9.97 Å². The molecule has 3 aromatic rings. The summed E-state index contributed by atoms with van der Waals surface area (Å²) in [6, 6.07) is 4.18. The lowest BCUT2D eigenvalue weighted by Gasteiger charge is -2.18. The number of fused-ring (bicyclic) bond motifs is 1. The SMILES string of the molecule is Cc1cc(C)c(NC(=O)CSc2ncnc3nc(N4CCCCCC4)sc23)c(C)c1. The molecule has 0 atom stereocenters. The van der Waals surface area contributed by atoms with Crippen molar-refractivity contribution in [2.45, 2.75) is 51.5 Å². The minimum absolute atomic E-state index is 0.0286. The Bertz CT molecular complexity index is 1030. The van der Waals surface area contributed by atoms with Crippen LogP contribution in [0.25, 0.3) is 10.3 Å². The summed E-state index contributed by atoms with van der Waals surface area (Å²) in [7, 11) is 0. The Balaban J connectivity index is 1.47. The minimum Gasteiger partial charge on any atom is -0.348 e. The molecule has 1 amide bonds. The fourth-order valence-electron chi connectivity index (χ4n) is 3.91. The van der Waals surface area contributed by atoms with Crippen LogP contribution < -0.4 is 10.2 Å². The van der Waals surface area contributed by atoms with Crippen molar-refractivity contribution in [1.29, 1.82) is 0 Å². The number of carbonyl (C=O) groups is 1. The van der Waals surface area contributed by atoms with Crippen molar-refractivity contribution >= 4 is 50.2 Å². The van der Waals surface area contributed by atoms with Crippen molar-refractivity contribution in [3.8, 4) is 0 Å². The zero-order valence-corrected chi connectivity index (χ0v) is 19.3. The van der Waals surface area contributed by atoms with Gasteiger partial charge in [-0.05, 0) is 44.7 Å². The van der Waals surface area contributed by atoms with Crippen molar-refractivity contribution < 1.29 is 4.79 Å². The number of hydrogen-bond acceptors (Lipinski definition) is 7. The van der Waals surface area contributed by atoms with Gasteiger partial charge in [-0.2, -0.15) is 4.98 Å². The van der Waals surface area contributed by atoms with Crippen LogP contribution in [0, 0.1) is 20.8 Å². The average Bonchev–Trinajstić information content (AvgIpc) is 2.96. The first-order valence-corrected chi connectivity index (χ1v) is 12.2. The first kappa shape index (κ1) is 21.1. The highest BCUT2D eigenvalue weighted by Gasteiger charge is 2.18. The van der Waals surface area contributed by atoms with Crippen molar-refractivity contribution in [3.05, 3.63) is 35.2 Å². The van der Waals surface area contributed by atoms with Gasteiger partial charge in [0.2, 0.25) is 5.91 Å². The number of anilines is 2. The number of carbonyl (C=O) groups excluding carboxylic acids is 1. The first-order valence-electron chi connectivity index (χ1n) is 10.4. The van der Waals surface area contributed by atoms with Gasteiger partial charge in [0, 0.05) is 18.8 Å². The third kappa shape index (κ3) is 4.75. The van der Waals surface area contributed by atoms with E-state index < -0.39 is 0 Å². The molecule has 1 fully saturated rings. The van der Waals surface area contributed by atoms with Crippen LogP contribution in [0.5, 0.6) is 0 Å². The maximum atomic E-state index is 12.6. The van der Waals surface area contributed by atoms with Gasteiger partial charge in [-0.15, -0.1) is 0 Å². The molecule has 3 heterocycles. The second-order valence-corrected chi connectivity index (χ2v) is 9.78. The standard InChI is InChI=1S/C22H27N5OS2/c1-14-10-15(2)18(16(3)11-14)25-17(28)12-29-21-19-20(23-13-24-21)26-22(30-19)27-8-6-4-5-7-9-27/h10-11,13H,4-9,12H2,1-3H3,(H,25,28). The molecule has 1 aliphatic heterocycles. The Labute approximate surface area is 185 Å². The summed E-state index contributed by atoms with van der Waals surface area (Å²) in [6.07, 6.45) is 6.54. The number of thiazole rings is 1. The molecule has 4 rings (SSSR count). The molecule has 1 N–H and O–H groups in total. The van der Waals surface area contributed by atoms with Crippen molar-refractivity contribution in [2.75, 3.05) is 29.1 Å². The van der Waals surface area contributed by atoms with Crippen LogP contribution in [-0.2, 0) is 4.79 Å². The van der Waals surface area contributed by atoms with Crippen LogP contribution in [0.15, 0.2) is 23.5 Å². The maximum Gasteiger partial charge on any atom is 0.234 e. The lowest BCUT2D eigenvalue weighted by Crippen LogP contribution is -2.23. The molecule has 0 spiro atoms. The normalized spacial score (nSPS) is 14.7. The minimum atomic E-state index is -0.0286. The van der Waals surface area contributed by atoms with E-state index >= 15 is 0 Å². The molecule has 6 nitrogen and oxygen atoms in total. The summed E-state index contributed by atoms with van der Waals surface area (Å²) in [6.45, 7) is 8.22. The lowest BCUT2D eigenvalue weighted by molar-refractivity contribution is -0.113. The van der Waals surface area contributed by atoms with Crippen molar-refractivity contribution in [2.24, 2.45) is 0 Å². The van der Waals surface area contributed by atoms with E-state index in [1.165, 1.54) is 43.0 Å². The number of aryl methyl sites for hydroxylation is 3. The molecular formula is C22H27N5OS2. The van der Waals surface area contributed by atoms with Crippen molar-refractivity contribution in [3.63, 3.8) is 0 Å². The topological polar surface area (TPSA) is 71.0 Å². The number of aromatic nitrogens is 3. The van der Waals surface area contributed by atoms with Crippen LogP contribution in [0.2, 0.25) is 0 Å². The molecule has 0 saturated carbocycles. The van der Waals surface area contributed by atoms with E-state index in [4.69, 9.17) is 4.98 Å². The van der Waals surface area contributed by atoms with E-state index in [9.17, 15) is 4.79 Å². The molecule has 1 aromatic carbocycles. The summed E-state index contributed by atoms with van der Waals surface area (Å²) >= 11 is 3.08. The molecule has 0 aliphatic carbocycles. The van der Waals surface area contributed by atoms with Gasteiger partial charge in [-0.1, -0.05) is 53.6 Å². The van der Waals surface area contributed by atoms with Crippen LogP contribution in [0.1, 0.15) is 42.4 Å². The number of nitrogens with zero attached hydrogens (tertiary/aromatic N) is 4. The first-order chi connectivity index (χ1) is 14.5. The summed E-state index contributed by atoms with van der Waals surface area (Å²) < 4.78 is 0.970. The van der Waals surface area contributed by atoms with Gasteiger partial charge >= 0.3 is 0 Å². The van der Waals surface area contributed by atoms with Crippen LogP contribution in [0.3, 0.4) is 0 Å². The second kappa shape index (κ2) is 9.31. The van der Waals surface area contributed by atoms with Gasteiger partial charge < -0.3 is 10.2 Å². The lowest BCUT2D eigenvalue weighted by atomic mass is 10.1. The van der Waals surface area contributed by atoms with E-state index in [0.29, 0.717) is 5.75 Å². The van der Waals surface area contributed by atoms with Crippen molar-refractivity contribution in [1.82, 2.24) is 15.0 Å². The number of thioether (sulfide) groups is 1. The number of benzene rings is 1. The monoisotopic (exact) mass is 441 g/mol. The molecular weight excluding hydrogens is 414 g/mol. The van der Waals surface area contributed by atoms with Crippen LogP contribution in [0.4, 0.5) is 10.8 Å². The number of hydrogen-bond donors (Lipinski definition) is 1. The predicted octanol–water partition coefficient (Wildman–Crippen LogP) is 5.12. The largest absolute Gasteiger partial charge is 0.348 e. The Hall–Kier alpha value is -2.19. The summed E-state index contributed by atoms with van der Waals surface area (Å²) in [4.78, 5) is 28.5. The highest BCUT2D eigenvalue weighted by Crippen LogP contribution is 2.34. The molecule has 1 aliphatic rings. The summed E-state index contributed by atoms with van der Waals surface area (Å²) in [5.74, 6) is 0.273. The predicted molar refractivity (Wildman–Crippen MR) is 126 cm³/mol. The fraction of sp³-hybridized carbons (Fsp3) is 0.455. The molecule has 2 aromatic heterocycles. The Morgan fingerprint density at radius 2 is 1.80 bits per heavy atom. The fourth-order valence-corrected chi connectivity index (χ4v) is 5.85. The van der Waals surface area contributed by atoms with Gasteiger partial charge in [0.15, 0.2) is 10.8 Å². The second-order valence-electron chi connectivity index (χ2n) is 7.84. The van der Waals surface area contributed by atoms with Crippen LogP contribution in [-0.4, -0.2) is 39.7 Å². The zero-order chi connectivity index (χ0) is 21.1. The smallest absolute Gasteiger partial charge is 0.234 e. The third-order valence-electron chi connectivity index (χ3n) is 5.31. The van der Waals surface area contributed by atoms with E-state index in [0.717, 1.165) is 50.4 Å². The molecule has 30 heavy (non-hydrogen) atoms. The molecule has 1 saturated heterocycles. The summed E-state index contributed by atoms with van der Waals surface area (Å²) in [5, 5.41) is 4.91. The zero-order valence-electron chi connectivity index (χ0n) is 17.7. The highest BCUT2D eigenvalue weighted by atomic mass is 32.2. The third-order valence-corrected chi connectivity index (χ3v) is 7.54. The average molecular weight is 442 g/mol. The number of amides is 1. The Morgan fingerprint density at radius 1 is 1.10 bits per heavy atom. The van der Waals surface area contributed by atoms with E-state index in [-0.39, 0.29) is 5.91 Å². The van der Waals surface area contributed by atoms with Gasteiger partial charge in [0.25, 0.3) is 0 Å². The number of nitrogens with one attached hydrogen (secondary N) is 1. The number of rotatable bonds is 5. The molecule has 0 unspecified atom stereocenters. The Kier molecular flexibility index (Phi) is 6.53. The van der Waals surface area contributed by atoms with Gasteiger partial charge in [-0.3, -0.25) is 4.79 Å². The highest BCUT2D eigenvalue weighted by molar-refractivity contribution is 8.00. The molecule has 8 heteroatoms. The molecule has 0 bridgehead atoms. The quantitative estimate of drug-likeness (QED) is 0.438. The van der Waals surface area contributed by atoms with E-state index in [1.54, 1.807) is 17.7 Å². The van der Waals surface area contributed by atoms with E-state index in [1.807, 2.05) is 13.8 Å².